The smallest absolute Gasteiger partial charge is 0.320 e. The molecule has 0 radical (unpaired) electrons. The van der Waals surface area contributed by atoms with Gasteiger partial charge in [-0.2, -0.15) is 0 Å². The standard InChI is InChI=1S/C10H14N4O3/c11-8(10(16)17)2-1-4-14-5-3-7(6-13-14)9(12)15/h3,5-6,8H,1-2,4,11H2,(H2-,12,15,16,17)/p+1. The van der Waals surface area contributed by atoms with Gasteiger partial charge in [-0.3, -0.25) is 9.59 Å². The van der Waals surface area contributed by atoms with Gasteiger partial charge in [-0.25, -0.2) is 0 Å². The number of nitrogens with two attached hydrogens (primary N) is 2. The Morgan fingerprint density at radius 3 is 2.71 bits per heavy atom. The van der Waals surface area contributed by atoms with Crippen LogP contribution in [0.3, 0.4) is 0 Å². The van der Waals surface area contributed by atoms with Crippen molar-refractivity contribution >= 4 is 11.9 Å². The predicted octanol–water partition coefficient (Wildman–Crippen LogP) is -1.34. The van der Waals surface area contributed by atoms with E-state index in [4.69, 9.17) is 16.6 Å². The zero-order valence-corrected chi connectivity index (χ0v) is 9.24. The third-order valence-corrected chi connectivity index (χ3v) is 2.28. The summed E-state index contributed by atoms with van der Waals surface area (Å²) >= 11 is 0. The first-order valence-electron chi connectivity index (χ1n) is 5.14. The van der Waals surface area contributed by atoms with Gasteiger partial charge < -0.3 is 16.6 Å². The lowest BCUT2D eigenvalue weighted by atomic mass is 10.2. The van der Waals surface area contributed by atoms with Gasteiger partial charge in [0.15, 0.2) is 12.7 Å². The summed E-state index contributed by atoms with van der Waals surface area (Å²) in [6.07, 6.45) is 3.97. The maximum atomic E-state index is 10.8. The molecule has 1 unspecified atom stereocenters. The topological polar surface area (TPSA) is 123 Å². The van der Waals surface area contributed by atoms with Crippen LogP contribution in [0, 0.1) is 0 Å². The molecule has 92 valence electrons. The summed E-state index contributed by atoms with van der Waals surface area (Å²) in [6, 6.07) is 0.715. The van der Waals surface area contributed by atoms with Crippen molar-refractivity contribution in [3.63, 3.8) is 0 Å². The zero-order valence-electron chi connectivity index (χ0n) is 9.24. The molecule has 0 spiro atoms. The first kappa shape index (κ1) is 13.0. The number of carbonyl (C=O) groups is 2. The molecule has 1 rings (SSSR count). The lowest BCUT2D eigenvalue weighted by molar-refractivity contribution is -0.754. The highest BCUT2D eigenvalue weighted by atomic mass is 16.4. The number of hydrogen-bond acceptors (Lipinski definition) is 4. The molecule has 1 aromatic rings. The van der Waals surface area contributed by atoms with Crippen molar-refractivity contribution in [2.24, 2.45) is 11.5 Å². The van der Waals surface area contributed by atoms with E-state index in [1.165, 1.54) is 6.20 Å². The van der Waals surface area contributed by atoms with E-state index in [1.54, 1.807) is 16.9 Å². The van der Waals surface area contributed by atoms with E-state index in [1.807, 2.05) is 0 Å². The van der Waals surface area contributed by atoms with Gasteiger partial charge in [-0.05, 0) is 11.5 Å². The summed E-state index contributed by atoms with van der Waals surface area (Å²) < 4.78 is 1.60. The second-order valence-electron chi connectivity index (χ2n) is 3.63. The van der Waals surface area contributed by atoms with Gasteiger partial charge in [0.1, 0.15) is 12.2 Å². The number of aromatic nitrogens is 2. The van der Waals surface area contributed by atoms with E-state index in [9.17, 15) is 9.59 Å². The van der Waals surface area contributed by atoms with Crippen molar-refractivity contribution in [3.05, 3.63) is 24.0 Å². The van der Waals surface area contributed by atoms with E-state index < -0.39 is 17.9 Å². The fraction of sp³-hybridized carbons (Fsp3) is 0.400. The van der Waals surface area contributed by atoms with Crippen LogP contribution in [0.15, 0.2) is 18.5 Å². The zero-order chi connectivity index (χ0) is 12.8. The van der Waals surface area contributed by atoms with E-state index in [0.717, 1.165) is 0 Å². The number of aryl methyl sites for hydroxylation is 1. The minimum absolute atomic E-state index is 0.337. The Kier molecular flexibility index (Phi) is 4.53. The van der Waals surface area contributed by atoms with Crippen molar-refractivity contribution < 1.29 is 19.4 Å². The highest BCUT2D eigenvalue weighted by Gasteiger charge is 2.12. The van der Waals surface area contributed by atoms with Crippen molar-refractivity contribution in [2.45, 2.75) is 25.4 Å². The molecule has 1 atom stereocenters. The quantitative estimate of drug-likeness (QED) is 0.530. The largest absolute Gasteiger partial charge is 0.480 e. The highest BCUT2D eigenvalue weighted by molar-refractivity contribution is 5.92. The van der Waals surface area contributed by atoms with E-state index in [0.29, 0.717) is 24.9 Å². The van der Waals surface area contributed by atoms with Gasteiger partial charge in [0.25, 0.3) is 5.91 Å². The normalized spacial score (nSPS) is 12.1. The Hall–Kier alpha value is -2.02. The molecule has 5 N–H and O–H groups in total. The van der Waals surface area contributed by atoms with Gasteiger partial charge >= 0.3 is 5.97 Å². The average Bonchev–Trinajstić information content (AvgIpc) is 2.29. The van der Waals surface area contributed by atoms with E-state index in [-0.39, 0.29) is 0 Å². The number of carbonyl (C=O) groups excluding carboxylic acids is 1. The van der Waals surface area contributed by atoms with Crippen LogP contribution < -0.4 is 16.1 Å². The Labute approximate surface area is 98.0 Å². The Morgan fingerprint density at radius 2 is 2.24 bits per heavy atom. The van der Waals surface area contributed by atoms with Crippen LogP contribution >= 0.6 is 0 Å². The number of rotatable bonds is 6. The monoisotopic (exact) mass is 239 g/mol. The molecular weight excluding hydrogens is 224 g/mol. The van der Waals surface area contributed by atoms with Crippen LogP contribution in [0.2, 0.25) is 0 Å². The summed E-state index contributed by atoms with van der Waals surface area (Å²) in [5.41, 5.74) is 10.8. The Bertz CT molecular complexity index is 405. The lowest BCUT2D eigenvalue weighted by Crippen LogP contribution is -2.39. The van der Waals surface area contributed by atoms with Crippen molar-refractivity contribution in [1.82, 2.24) is 5.10 Å². The minimum Gasteiger partial charge on any atom is -0.480 e. The van der Waals surface area contributed by atoms with Crippen molar-refractivity contribution in [1.29, 1.82) is 0 Å². The Balaban J connectivity index is 2.42. The van der Waals surface area contributed by atoms with Crippen molar-refractivity contribution in [2.75, 3.05) is 0 Å². The van der Waals surface area contributed by atoms with Gasteiger partial charge in [-0.15, -0.1) is 0 Å². The molecule has 0 aliphatic heterocycles. The van der Waals surface area contributed by atoms with Gasteiger partial charge in [0.05, 0.1) is 5.56 Å². The molecule has 0 aliphatic carbocycles. The maximum absolute atomic E-state index is 10.8. The summed E-state index contributed by atoms with van der Waals surface area (Å²) in [7, 11) is 0. The van der Waals surface area contributed by atoms with Crippen LogP contribution in [-0.2, 0) is 11.3 Å². The van der Waals surface area contributed by atoms with Crippen LogP contribution in [0.5, 0.6) is 0 Å². The molecule has 7 heteroatoms. The van der Waals surface area contributed by atoms with Crippen LogP contribution in [0.4, 0.5) is 0 Å². The molecule has 0 aliphatic rings. The molecule has 1 aromatic heterocycles. The highest BCUT2D eigenvalue weighted by Crippen LogP contribution is 1.95. The second-order valence-corrected chi connectivity index (χ2v) is 3.63. The van der Waals surface area contributed by atoms with Gasteiger partial charge in [0.2, 0.25) is 0 Å². The molecule has 0 bridgehead atoms. The number of carboxylic acids is 1. The first-order valence-corrected chi connectivity index (χ1v) is 5.14. The summed E-state index contributed by atoms with van der Waals surface area (Å²) in [5.74, 6) is -1.54. The number of primary amides is 1. The third kappa shape index (κ3) is 4.15. The summed E-state index contributed by atoms with van der Waals surface area (Å²) in [6.45, 7) is 0.542. The number of aliphatic carboxylic acids is 1. The molecule has 0 saturated carbocycles. The number of hydrogen-bond donors (Lipinski definition) is 3. The summed E-state index contributed by atoms with van der Waals surface area (Å²) in [4.78, 5) is 21.2. The van der Waals surface area contributed by atoms with Gasteiger partial charge in [-0.1, -0.05) is 4.68 Å². The molecule has 17 heavy (non-hydrogen) atoms. The molecule has 0 saturated heterocycles. The van der Waals surface area contributed by atoms with E-state index >= 15 is 0 Å². The maximum Gasteiger partial charge on any atom is 0.320 e. The number of carboxylic acid groups (broad SMARTS) is 1. The molecular formula is C10H15N4O3+. The van der Waals surface area contributed by atoms with E-state index in [2.05, 4.69) is 5.10 Å². The number of nitrogens with zero attached hydrogens (tertiary/aromatic N) is 2. The average molecular weight is 239 g/mol. The molecule has 1 amide bonds. The molecule has 1 heterocycles. The van der Waals surface area contributed by atoms with Crippen LogP contribution in [-0.4, -0.2) is 28.1 Å². The molecule has 7 nitrogen and oxygen atoms in total. The third-order valence-electron chi connectivity index (χ3n) is 2.28. The van der Waals surface area contributed by atoms with Gasteiger partial charge in [0, 0.05) is 12.5 Å². The fourth-order valence-electron chi connectivity index (χ4n) is 1.26. The SMILES string of the molecule is NC(=O)c1cc[n+](CCCC(N)C(=O)O)nc1. The van der Waals surface area contributed by atoms with Crippen LogP contribution in [0.25, 0.3) is 0 Å². The minimum atomic E-state index is -1.01. The molecule has 0 aromatic carbocycles. The second kappa shape index (κ2) is 5.90. The molecule has 0 fully saturated rings. The van der Waals surface area contributed by atoms with Crippen LogP contribution in [0.1, 0.15) is 23.2 Å². The van der Waals surface area contributed by atoms with Crippen molar-refractivity contribution in [3.8, 4) is 0 Å². The lowest BCUT2D eigenvalue weighted by Gasteiger charge is -2.02. The Morgan fingerprint density at radius 1 is 1.53 bits per heavy atom. The predicted molar refractivity (Wildman–Crippen MR) is 57.8 cm³/mol. The summed E-state index contributed by atoms with van der Waals surface area (Å²) in [5, 5.41) is 12.5. The number of amides is 1. The fourth-order valence-corrected chi connectivity index (χ4v) is 1.26. The first-order chi connectivity index (χ1) is 8.00.